The zero-order valence-corrected chi connectivity index (χ0v) is 15.3. The first kappa shape index (κ1) is 18.5. The van der Waals surface area contributed by atoms with Gasteiger partial charge >= 0.3 is 6.16 Å². The van der Waals surface area contributed by atoms with Gasteiger partial charge in [0.2, 0.25) is 0 Å². The van der Waals surface area contributed by atoms with Gasteiger partial charge in [-0.2, -0.15) is 0 Å². The number of benzene rings is 2. The summed E-state index contributed by atoms with van der Waals surface area (Å²) >= 11 is 0. The Kier molecular flexibility index (Phi) is 6.67. The molecular formula is C22H27NO3. The summed E-state index contributed by atoms with van der Waals surface area (Å²) in [6.45, 7) is 1.87. The zero-order valence-electron chi connectivity index (χ0n) is 15.3. The summed E-state index contributed by atoms with van der Waals surface area (Å²) in [4.78, 5) is 13.9. The predicted molar refractivity (Wildman–Crippen MR) is 102 cm³/mol. The number of methoxy groups -OCH3 is 1. The fourth-order valence-corrected chi connectivity index (χ4v) is 3.66. The third-order valence-electron chi connectivity index (χ3n) is 5.05. The smallest absolute Gasteiger partial charge is 0.438 e. The average Bonchev–Trinajstić information content (AvgIpc) is 2.69. The summed E-state index contributed by atoms with van der Waals surface area (Å²) < 4.78 is 9.94. The van der Waals surface area contributed by atoms with Crippen molar-refractivity contribution in [2.24, 2.45) is 0 Å². The molecule has 4 heteroatoms. The molecule has 0 bridgehead atoms. The Balaban J connectivity index is 1.64. The molecule has 0 saturated heterocycles. The van der Waals surface area contributed by atoms with Gasteiger partial charge in [0.25, 0.3) is 0 Å². The summed E-state index contributed by atoms with van der Waals surface area (Å²) in [6.07, 6.45) is 3.25. The molecule has 1 aliphatic rings. The minimum Gasteiger partial charge on any atom is -0.438 e. The molecule has 0 aromatic heterocycles. The van der Waals surface area contributed by atoms with Crippen molar-refractivity contribution in [3.05, 3.63) is 71.8 Å². The molecule has 0 amide bonds. The van der Waals surface area contributed by atoms with Crippen molar-refractivity contribution in [2.45, 2.75) is 50.9 Å². The first-order chi connectivity index (χ1) is 12.7. The summed E-state index contributed by atoms with van der Waals surface area (Å²) in [5.74, 6) is 0. The Hall–Kier alpha value is -2.33. The molecule has 0 heterocycles. The van der Waals surface area contributed by atoms with Gasteiger partial charge in [-0.15, -0.1) is 0 Å². The number of rotatable bonds is 6. The lowest BCUT2D eigenvalue weighted by atomic mass is 9.91. The number of carbonyl (C=O) groups is 1. The van der Waals surface area contributed by atoms with E-state index in [1.54, 1.807) is 0 Å². The van der Waals surface area contributed by atoms with Crippen LogP contribution in [0.1, 0.15) is 36.8 Å². The Morgan fingerprint density at radius 1 is 0.885 bits per heavy atom. The Morgan fingerprint density at radius 2 is 1.38 bits per heavy atom. The van der Waals surface area contributed by atoms with E-state index in [0.29, 0.717) is 6.04 Å². The largest absolute Gasteiger partial charge is 0.508 e. The van der Waals surface area contributed by atoms with Crippen molar-refractivity contribution >= 4 is 6.16 Å². The zero-order chi connectivity index (χ0) is 18.2. The molecule has 2 aromatic rings. The van der Waals surface area contributed by atoms with Crippen LogP contribution in [0.15, 0.2) is 60.7 Å². The van der Waals surface area contributed by atoms with E-state index in [0.717, 1.165) is 38.8 Å². The Morgan fingerprint density at radius 3 is 1.85 bits per heavy atom. The van der Waals surface area contributed by atoms with Gasteiger partial charge in [0.1, 0.15) is 6.10 Å². The maximum Gasteiger partial charge on any atom is 0.508 e. The van der Waals surface area contributed by atoms with E-state index in [-0.39, 0.29) is 6.10 Å². The molecule has 1 aliphatic carbocycles. The van der Waals surface area contributed by atoms with Gasteiger partial charge < -0.3 is 9.47 Å². The van der Waals surface area contributed by atoms with Crippen LogP contribution in [0.2, 0.25) is 0 Å². The second-order valence-corrected chi connectivity index (χ2v) is 6.88. The van der Waals surface area contributed by atoms with E-state index in [9.17, 15) is 4.79 Å². The third kappa shape index (κ3) is 5.33. The molecule has 0 N–H and O–H groups in total. The third-order valence-corrected chi connectivity index (χ3v) is 5.05. The lowest BCUT2D eigenvalue weighted by Crippen LogP contribution is -2.39. The molecule has 26 heavy (non-hydrogen) atoms. The van der Waals surface area contributed by atoms with Crippen molar-refractivity contribution in [1.29, 1.82) is 0 Å². The standard InChI is InChI=1S/C22H27NO3/c1-25-22(24)26-21-14-12-20(13-15-21)23(16-18-8-4-2-5-9-18)17-19-10-6-3-7-11-19/h2-11,20-21H,12-17H2,1H3. The lowest BCUT2D eigenvalue weighted by Gasteiger charge is -2.36. The molecule has 0 radical (unpaired) electrons. The molecule has 0 aliphatic heterocycles. The van der Waals surface area contributed by atoms with Crippen LogP contribution in [0.4, 0.5) is 4.79 Å². The van der Waals surface area contributed by atoms with Crippen molar-refractivity contribution in [2.75, 3.05) is 7.11 Å². The molecule has 3 rings (SSSR count). The highest BCUT2D eigenvalue weighted by Gasteiger charge is 2.28. The predicted octanol–water partition coefficient (Wildman–Crippen LogP) is 4.78. The van der Waals surface area contributed by atoms with Crippen LogP contribution in [-0.2, 0) is 22.6 Å². The number of nitrogens with zero attached hydrogens (tertiary/aromatic N) is 1. The van der Waals surface area contributed by atoms with E-state index in [1.165, 1.54) is 18.2 Å². The molecule has 0 atom stereocenters. The van der Waals surface area contributed by atoms with Crippen LogP contribution in [-0.4, -0.2) is 30.3 Å². The molecule has 4 nitrogen and oxygen atoms in total. The van der Waals surface area contributed by atoms with Gasteiger partial charge in [0, 0.05) is 19.1 Å². The highest BCUT2D eigenvalue weighted by molar-refractivity contribution is 5.59. The van der Waals surface area contributed by atoms with E-state index < -0.39 is 6.16 Å². The van der Waals surface area contributed by atoms with Gasteiger partial charge in [0.05, 0.1) is 7.11 Å². The van der Waals surface area contributed by atoms with Crippen LogP contribution < -0.4 is 0 Å². The number of ether oxygens (including phenoxy) is 2. The Labute approximate surface area is 155 Å². The monoisotopic (exact) mass is 353 g/mol. The van der Waals surface area contributed by atoms with Crippen molar-refractivity contribution in [3.8, 4) is 0 Å². The van der Waals surface area contributed by atoms with E-state index in [2.05, 4.69) is 70.3 Å². The van der Waals surface area contributed by atoms with Crippen molar-refractivity contribution in [1.82, 2.24) is 4.90 Å². The van der Waals surface area contributed by atoms with E-state index in [4.69, 9.17) is 4.74 Å². The molecule has 2 aromatic carbocycles. The molecule has 138 valence electrons. The van der Waals surface area contributed by atoms with E-state index >= 15 is 0 Å². The molecular weight excluding hydrogens is 326 g/mol. The van der Waals surface area contributed by atoms with Crippen LogP contribution in [0, 0.1) is 0 Å². The van der Waals surface area contributed by atoms with Gasteiger partial charge in [-0.1, -0.05) is 60.7 Å². The number of hydrogen-bond acceptors (Lipinski definition) is 4. The minimum absolute atomic E-state index is 0.0194. The summed E-state index contributed by atoms with van der Waals surface area (Å²) in [7, 11) is 1.36. The van der Waals surface area contributed by atoms with Crippen LogP contribution in [0.5, 0.6) is 0 Å². The average molecular weight is 353 g/mol. The van der Waals surface area contributed by atoms with Crippen molar-refractivity contribution in [3.63, 3.8) is 0 Å². The van der Waals surface area contributed by atoms with Gasteiger partial charge in [0.15, 0.2) is 0 Å². The number of carbonyl (C=O) groups excluding carboxylic acids is 1. The van der Waals surface area contributed by atoms with E-state index in [1.807, 2.05) is 0 Å². The maximum absolute atomic E-state index is 11.3. The molecule has 1 fully saturated rings. The molecule has 1 saturated carbocycles. The Bertz CT molecular complexity index is 625. The van der Waals surface area contributed by atoms with Crippen LogP contribution in [0.25, 0.3) is 0 Å². The van der Waals surface area contributed by atoms with Crippen molar-refractivity contribution < 1.29 is 14.3 Å². The molecule has 0 spiro atoms. The highest BCUT2D eigenvalue weighted by Crippen LogP contribution is 2.28. The SMILES string of the molecule is COC(=O)OC1CCC(N(Cc2ccccc2)Cc2ccccc2)CC1. The fourth-order valence-electron chi connectivity index (χ4n) is 3.66. The summed E-state index contributed by atoms with van der Waals surface area (Å²) in [5, 5.41) is 0. The van der Waals surface area contributed by atoms with Crippen LogP contribution in [0.3, 0.4) is 0 Å². The fraction of sp³-hybridized carbons (Fsp3) is 0.409. The summed E-state index contributed by atoms with van der Waals surface area (Å²) in [5.41, 5.74) is 2.66. The lowest BCUT2D eigenvalue weighted by molar-refractivity contribution is 0.00725. The topological polar surface area (TPSA) is 38.8 Å². The minimum atomic E-state index is -0.570. The first-order valence-electron chi connectivity index (χ1n) is 9.31. The first-order valence-corrected chi connectivity index (χ1v) is 9.31. The second-order valence-electron chi connectivity index (χ2n) is 6.88. The number of hydrogen-bond donors (Lipinski definition) is 0. The maximum atomic E-state index is 11.3. The highest BCUT2D eigenvalue weighted by atomic mass is 16.7. The van der Waals surface area contributed by atoms with Gasteiger partial charge in [-0.25, -0.2) is 4.79 Å². The molecule has 0 unspecified atom stereocenters. The van der Waals surface area contributed by atoms with Gasteiger partial charge in [-0.3, -0.25) is 4.90 Å². The van der Waals surface area contributed by atoms with Crippen LogP contribution >= 0.6 is 0 Å². The quantitative estimate of drug-likeness (QED) is 0.701. The summed E-state index contributed by atoms with van der Waals surface area (Å²) in [6, 6.07) is 21.7. The second kappa shape index (κ2) is 9.39. The normalized spacial score (nSPS) is 19.9. The van der Waals surface area contributed by atoms with Gasteiger partial charge in [-0.05, 0) is 36.8 Å².